The lowest BCUT2D eigenvalue weighted by Gasteiger charge is -2.42. The van der Waals surface area contributed by atoms with E-state index in [1.807, 2.05) is 7.05 Å². The molecule has 0 radical (unpaired) electrons. The molecule has 1 saturated carbocycles. The number of amides is 1. The minimum Gasteiger partial charge on any atom is -0.368 e. The van der Waals surface area contributed by atoms with Gasteiger partial charge in [-0.15, -0.1) is 0 Å². The summed E-state index contributed by atoms with van der Waals surface area (Å²) in [6.07, 6.45) is 5.37. The number of primary amides is 1. The van der Waals surface area contributed by atoms with Gasteiger partial charge in [0.1, 0.15) is 0 Å². The summed E-state index contributed by atoms with van der Waals surface area (Å²) in [4.78, 5) is 14.4. The summed E-state index contributed by atoms with van der Waals surface area (Å²) in [5, 5.41) is 3.20. The summed E-state index contributed by atoms with van der Waals surface area (Å²) < 4.78 is 0. The maximum atomic E-state index is 11.8. The molecule has 0 spiro atoms. The van der Waals surface area contributed by atoms with E-state index in [-0.39, 0.29) is 5.91 Å². The highest BCUT2D eigenvalue weighted by atomic mass is 16.1. The molecule has 0 aromatic heterocycles. The number of carbonyl (C=O) groups is 1. The van der Waals surface area contributed by atoms with Crippen LogP contribution in [-0.2, 0) is 4.79 Å². The van der Waals surface area contributed by atoms with Gasteiger partial charge < -0.3 is 16.0 Å². The fourth-order valence-electron chi connectivity index (χ4n) is 3.82. The van der Waals surface area contributed by atoms with Crippen LogP contribution < -0.4 is 11.1 Å². The topological polar surface area (TPSA) is 58.4 Å². The van der Waals surface area contributed by atoms with Crippen LogP contribution in [0.25, 0.3) is 0 Å². The van der Waals surface area contributed by atoms with Crippen molar-refractivity contribution >= 4 is 5.91 Å². The van der Waals surface area contributed by atoms with Gasteiger partial charge in [0, 0.05) is 12.6 Å². The van der Waals surface area contributed by atoms with Gasteiger partial charge in [-0.2, -0.15) is 0 Å². The van der Waals surface area contributed by atoms with Crippen molar-refractivity contribution in [3.05, 3.63) is 0 Å². The van der Waals surface area contributed by atoms with Crippen LogP contribution in [0.5, 0.6) is 0 Å². The Morgan fingerprint density at radius 2 is 2.16 bits per heavy atom. The first-order valence-electron chi connectivity index (χ1n) is 7.71. The fraction of sp³-hybridized carbons (Fsp3) is 0.933. The molecule has 3 unspecified atom stereocenters. The molecule has 2 aliphatic rings. The lowest BCUT2D eigenvalue weighted by Crippen LogP contribution is -2.59. The lowest BCUT2D eigenvalue weighted by molar-refractivity contribution is -0.126. The van der Waals surface area contributed by atoms with Crippen LogP contribution in [0.1, 0.15) is 46.0 Å². The third-order valence-electron chi connectivity index (χ3n) is 5.39. The molecule has 0 bridgehead atoms. The van der Waals surface area contributed by atoms with Gasteiger partial charge in [0.25, 0.3) is 0 Å². The molecule has 0 aromatic rings. The third-order valence-corrected chi connectivity index (χ3v) is 5.39. The van der Waals surface area contributed by atoms with E-state index in [4.69, 9.17) is 5.73 Å². The second-order valence-electron chi connectivity index (χ2n) is 6.73. The van der Waals surface area contributed by atoms with E-state index in [9.17, 15) is 4.79 Å². The quantitative estimate of drug-likeness (QED) is 0.808. The van der Waals surface area contributed by atoms with Gasteiger partial charge in [-0.25, -0.2) is 0 Å². The van der Waals surface area contributed by atoms with Crippen LogP contribution in [0, 0.1) is 11.8 Å². The van der Waals surface area contributed by atoms with Gasteiger partial charge in [-0.3, -0.25) is 4.79 Å². The molecule has 3 atom stereocenters. The molecule has 1 heterocycles. The number of hydrogen-bond donors (Lipinski definition) is 2. The van der Waals surface area contributed by atoms with Crippen molar-refractivity contribution in [2.75, 3.05) is 20.1 Å². The monoisotopic (exact) mass is 267 g/mol. The molecule has 4 nitrogen and oxygen atoms in total. The van der Waals surface area contributed by atoms with Crippen molar-refractivity contribution in [2.24, 2.45) is 17.6 Å². The van der Waals surface area contributed by atoms with E-state index in [1.165, 1.54) is 25.9 Å². The zero-order valence-corrected chi connectivity index (χ0v) is 12.6. The number of nitrogens with zero attached hydrogens (tertiary/aromatic N) is 1. The molecule has 1 aliphatic heterocycles. The summed E-state index contributed by atoms with van der Waals surface area (Å²) in [5.74, 6) is 1.40. The number of nitrogens with one attached hydrogen (secondary N) is 1. The molecule has 110 valence electrons. The molecule has 0 aromatic carbocycles. The molecular formula is C15H29N3O. The van der Waals surface area contributed by atoms with Gasteiger partial charge in [0.15, 0.2) is 0 Å². The molecular weight excluding hydrogens is 238 g/mol. The Labute approximate surface area is 117 Å². The first-order valence-corrected chi connectivity index (χ1v) is 7.71. The zero-order valence-electron chi connectivity index (χ0n) is 12.6. The summed E-state index contributed by atoms with van der Waals surface area (Å²) in [6.45, 7) is 7.01. The van der Waals surface area contributed by atoms with Crippen molar-refractivity contribution in [3.63, 3.8) is 0 Å². The number of likely N-dealkylation sites (tertiary alicyclic amines) is 1. The zero-order chi connectivity index (χ0) is 14.0. The molecule has 4 heteroatoms. The van der Waals surface area contributed by atoms with Gasteiger partial charge in [-0.1, -0.05) is 13.8 Å². The number of hydrogen-bond acceptors (Lipinski definition) is 3. The van der Waals surface area contributed by atoms with Crippen molar-refractivity contribution in [3.8, 4) is 0 Å². The first-order chi connectivity index (χ1) is 8.98. The molecule has 2 rings (SSSR count). The van der Waals surface area contributed by atoms with Crippen LogP contribution in [0.4, 0.5) is 0 Å². The maximum absolute atomic E-state index is 11.8. The van der Waals surface area contributed by atoms with Crippen molar-refractivity contribution in [1.29, 1.82) is 0 Å². The number of likely N-dealkylation sites (N-methyl/N-ethyl adjacent to an activating group) is 1. The highest BCUT2D eigenvalue weighted by molar-refractivity contribution is 5.84. The van der Waals surface area contributed by atoms with Gasteiger partial charge in [0.2, 0.25) is 5.91 Å². The van der Waals surface area contributed by atoms with Crippen LogP contribution >= 0.6 is 0 Å². The summed E-state index contributed by atoms with van der Waals surface area (Å²) in [7, 11) is 1.87. The van der Waals surface area contributed by atoms with E-state index >= 15 is 0 Å². The van der Waals surface area contributed by atoms with Crippen LogP contribution in [0.3, 0.4) is 0 Å². The molecule has 1 aliphatic carbocycles. The van der Waals surface area contributed by atoms with Crippen molar-refractivity contribution < 1.29 is 4.79 Å². The van der Waals surface area contributed by atoms with Crippen LogP contribution in [0.2, 0.25) is 0 Å². The second-order valence-corrected chi connectivity index (χ2v) is 6.73. The van der Waals surface area contributed by atoms with Crippen molar-refractivity contribution in [1.82, 2.24) is 10.2 Å². The normalized spacial score (nSPS) is 36.8. The average molecular weight is 267 g/mol. The smallest absolute Gasteiger partial charge is 0.237 e. The maximum Gasteiger partial charge on any atom is 0.237 e. The predicted octanol–water partition coefficient (Wildman–Crippen LogP) is 1.35. The number of nitrogens with two attached hydrogens (primary N) is 1. The van der Waals surface area contributed by atoms with E-state index in [0.29, 0.717) is 6.04 Å². The van der Waals surface area contributed by atoms with Crippen molar-refractivity contribution in [2.45, 2.75) is 57.5 Å². The van der Waals surface area contributed by atoms with Crippen LogP contribution in [-0.4, -0.2) is 42.5 Å². The highest BCUT2D eigenvalue weighted by Crippen LogP contribution is 2.34. The Balaban J connectivity index is 2.00. The van der Waals surface area contributed by atoms with E-state index < -0.39 is 5.54 Å². The van der Waals surface area contributed by atoms with Gasteiger partial charge in [0.05, 0.1) is 5.54 Å². The van der Waals surface area contributed by atoms with Gasteiger partial charge in [-0.05, 0) is 57.5 Å². The Morgan fingerprint density at radius 3 is 2.68 bits per heavy atom. The van der Waals surface area contributed by atoms with Crippen LogP contribution in [0.15, 0.2) is 0 Å². The minimum absolute atomic E-state index is 0.181. The predicted molar refractivity (Wildman–Crippen MR) is 77.8 cm³/mol. The standard InChI is InChI=1S/C15H29N3O/c1-11(2)12-6-8-18(10-12)13-5-4-7-15(9-13,17-3)14(16)19/h11-13,17H,4-10H2,1-3H3,(H2,16,19). The highest BCUT2D eigenvalue weighted by Gasteiger charge is 2.43. The molecule has 1 saturated heterocycles. The fourth-order valence-corrected chi connectivity index (χ4v) is 3.82. The Bertz CT molecular complexity index is 331. The summed E-state index contributed by atoms with van der Waals surface area (Å²) >= 11 is 0. The molecule has 2 fully saturated rings. The Hall–Kier alpha value is -0.610. The molecule has 3 N–H and O–H groups in total. The largest absolute Gasteiger partial charge is 0.368 e. The van der Waals surface area contributed by atoms with Gasteiger partial charge >= 0.3 is 0 Å². The number of carbonyl (C=O) groups excluding carboxylic acids is 1. The summed E-state index contributed by atoms with van der Waals surface area (Å²) in [6, 6.07) is 0.525. The third kappa shape index (κ3) is 2.95. The average Bonchev–Trinajstić information content (AvgIpc) is 2.88. The minimum atomic E-state index is -0.473. The SMILES string of the molecule is CNC1(C(N)=O)CCCC(N2CCC(C(C)C)C2)C1. The second kappa shape index (κ2) is 5.80. The van der Waals surface area contributed by atoms with E-state index in [0.717, 1.165) is 31.1 Å². The van der Waals surface area contributed by atoms with E-state index in [1.54, 1.807) is 0 Å². The lowest BCUT2D eigenvalue weighted by atomic mass is 9.78. The van der Waals surface area contributed by atoms with E-state index in [2.05, 4.69) is 24.1 Å². The summed E-state index contributed by atoms with van der Waals surface area (Å²) in [5.41, 5.74) is 5.16. The Kier molecular flexibility index (Phi) is 4.51. The number of rotatable bonds is 4. The Morgan fingerprint density at radius 1 is 1.42 bits per heavy atom. The molecule has 19 heavy (non-hydrogen) atoms. The molecule has 1 amide bonds. The first kappa shape index (κ1) is 14.8.